The highest BCUT2D eigenvalue weighted by Gasteiger charge is 2.30. The molecule has 0 unspecified atom stereocenters. The maximum absolute atomic E-state index is 12.3. The van der Waals surface area contributed by atoms with Gasteiger partial charge in [-0.2, -0.15) is 0 Å². The zero-order chi connectivity index (χ0) is 23.0. The molecule has 0 saturated carbocycles. The van der Waals surface area contributed by atoms with Gasteiger partial charge in [-0.1, -0.05) is 24.3 Å². The van der Waals surface area contributed by atoms with Crippen molar-refractivity contribution in [2.24, 2.45) is 0 Å². The summed E-state index contributed by atoms with van der Waals surface area (Å²) in [5.41, 5.74) is 2.09. The minimum atomic E-state index is -4.74. The molecule has 2 rings (SSSR count). The molecule has 0 spiro atoms. The number of urea groups is 1. The second-order valence-electron chi connectivity index (χ2n) is 6.88. The number of ether oxygens (including phenoxy) is 1. The fourth-order valence-electron chi connectivity index (χ4n) is 2.91. The summed E-state index contributed by atoms with van der Waals surface area (Å²) in [4.78, 5) is 27.8. The third-order valence-corrected chi connectivity index (χ3v) is 4.62. The normalized spacial score (nSPS) is 11.0. The summed E-state index contributed by atoms with van der Waals surface area (Å²) < 4.78 is 40.5. The Hall–Kier alpha value is -3.23. The highest BCUT2D eigenvalue weighted by molar-refractivity contribution is 5.94. The lowest BCUT2D eigenvalue weighted by Crippen LogP contribution is -2.36. The molecule has 0 aromatic heterocycles. The van der Waals surface area contributed by atoms with Gasteiger partial charge in [0.2, 0.25) is 0 Å². The number of carbonyl (C=O) groups excluding carboxylic acids is 2. The van der Waals surface area contributed by atoms with Crippen molar-refractivity contribution in [2.45, 2.75) is 33.3 Å². The maximum Gasteiger partial charge on any atom is 0.573 e. The van der Waals surface area contributed by atoms with E-state index in [1.807, 2.05) is 13.8 Å². The Labute approximate surface area is 179 Å². The van der Waals surface area contributed by atoms with Crippen molar-refractivity contribution in [1.29, 1.82) is 0 Å². The quantitative estimate of drug-likeness (QED) is 0.666. The van der Waals surface area contributed by atoms with Crippen molar-refractivity contribution in [2.75, 3.05) is 20.1 Å². The number of nitrogens with zero attached hydrogens (tertiary/aromatic N) is 2. The standard InChI is InChI=1S/C22H26F3N3O3/c1-4-28(5-2)20(29)18-10-6-16(7-11-18)14-26-21(30)27(3)15-17-8-12-19(13-9-17)31-22(23,24)25/h6-13H,4-5,14-15H2,1-3H3,(H,26,30). The van der Waals surface area contributed by atoms with E-state index in [-0.39, 0.29) is 30.8 Å². The molecule has 3 amide bonds. The molecule has 31 heavy (non-hydrogen) atoms. The molecule has 0 atom stereocenters. The van der Waals surface area contributed by atoms with Gasteiger partial charge in [0.1, 0.15) is 5.75 Å². The van der Waals surface area contributed by atoms with E-state index in [1.54, 1.807) is 36.2 Å². The Morgan fingerprint density at radius 2 is 1.48 bits per heavy atom. The molecule has 0 heterocycles. The van der Waals surface area contributed by atoms with Crippen molar-refractivity contribution in [3.63, 3.8) is 0 Å². The van der Waals surface area contributed by atoms with Crippen molar-refractivity contribution in [3.05, 3.63) is 65.2 Å². The number of nitrogens with one attached hydrogen (secondary N) is 1. The van der Waals surface area contributed by atoms with E-state index in [9.17, 15) is 22.8 Å². The van der Waals surface area contributed by atoms with Crippen LogP contribution in [0.4, 0.5) is 18.0 Å². The molecule has 0 saturated heterocycles. The van der Waals surface area contributed by atoms with E-state index in [0.29, 0.717) is 24.2 Å². The molecule has 0 aliphatic carbocycles. The first-order valence-electron chi connectivity index (χ1n) is 9.84. The fraction of sp³-hybridized carbons (Fsp3) is 0.364. The second-order valence-corrected chi connectivity index (χ2v) is 6.88. The van der Waals surface area contributed by atoms with Crippen LogP contribution in [0.1, 0.15) is 35.3 Å². The third kappa shape index (κ3) is 7.51. The maximum atomic E-state index is 12.3. The zero-order valence-electron chi connectivity index (χ0n) is 17.7. The van der Waals surface area contributed by atoms with Gasteiger partial charge in [-0.25, -0.2) is 4.79 Å². The summed E-state index contributed by atoms with van der Waals surface area (Å²) in [5.74, 6) is -0.349. The summed E-state index contributed by atoms with van der Waals surface area (Å²) in [6.07, 6.45) is -4.74. The number of carbonyl (C=O) groups is 2. The first-order chi connectivity index (χ1) is 14.6. The Bertz CT molecular complexity index is 864. The number of hydrogen-bond donors (Lipinski definition) is 1. The molecule has 1 N–H and O–H groups in total. The summed E-state index contributed by atoms with van der Waals surface area (Å²) in [6.45, 7) is 5.62. The van der Waals surface area contributed by atoms with Gasteiger partial charge in [0, 0.05) is 38.8 Å². The lowest BCUT2D eigenvalue weighted by atomic mass is 10.1. The van der Waals surface area contributed by atoms with Gasteiger partial charge in [0.25, 0.3) is 5.91 Å². The van der Waals surface area contributed by atoms with Crippen LogP contribution >= 0.6 is 0 Å². The summed E-state index contributed by atoms with van der Waals surface area (Å²) in [6, 6.07) is 12.1. The predicted molar refractivity (Wildman–Crippen MR) is 111 cm³/mol. The van der Waals surface area contributed by atoms with Crippen LogP contribution in [0, 0.1) is 0 Å². The van der Waals surface area contributed by atoms with E-state index < -0.39 is 6.36 Å². The number of benzene rings is 2. The van der Waals surface area contributed by atoms with Crippen LogP contribution in [-0.4, -0.2) is 48.2 Å². The molecular weight excluding hydrogens is 411 g/mol. The number of rotatable bonds is 8. The number of hydrogen-bond acceptors (Lipinski definition) is 3. The molecule has 2 aromatic carbocycles. The van der Waals surface area contributed by atoms with Crippen LogP contribution in [0.25, 0.3) is 0 Å². The molecule has 0 aliphatic rings. The monoisotopic (exact) mass is 437 g/mol. The summed E-state index contributed by atoms with van der Waals surface area (Å²) >= 11 is 0. The number of amides is 3. The molecular formula is C22H26F3N3O3. The van der Waals surface area contributed by atoms with Gasteiger partial charge in [-0.3, -0.25) is 4.79 Å². The zero-order valence-corrected chi connectivity index (χ0v) is 17.7. The Morgan fingerprint density at radius 1 is 0.935 bits per heavy atom. The van der Waals surface area contributed by atoms with E-state index in [1.165, 1.54) is 29.2 Å². The predicted octanol–water partition coefficient (Wildman–Crippen LogP) is 4.41. The summed E-state index contributed by atoms with van der Waals surface area (Å²) in [7, 11) is 1.58. The van der Waals surface area contributed by atoms with E-state index in [0.717, 1.165) is 5.56 Å². The van der Waals surface area contributed by atoms with E-state index in [2.05, 4.69) is 10.1 Å². The molecule has 0 fully saturated rings. The van der Waals surface area contributed by atoms with Gasteiger partial charge in [-0.15, -0.1) is 13.2 Å². The van der Waals surface area contributed by atoms with Gasteiger partial charge >= 0.3 is 12.4 Å². The van der Waals surface area contributed by atoms with Crippen molar-refractivity contribution < 1.29 is 27.5 Å². The Balaban J connectivity index is 1.86. The van der Waals surface area contributed by atoms with Crippen molar-refractivity contribution in [3.8, 4) is 5.75 Å². The van der Waals surface area contributed by atoms with Crippen molar-refractivity contribution in [1.82, 2.24) is 15.1 Å². The minimum absolute atomic E-state index is 0.0352. The molecule has 6 nitrogen and oxygen atoms in total. The van der Waals surface area contributed by atoms with E-state index in [4.69, 9.17) is 0 Å². The van der Waals surface area contributed by atoms with Crippen LogP contribution in [0.2, 0.25) is 0 Å². The highest BCUT2D eigenvalue weighted by atomic mass is 19.4. The lowest BCUT2D eigenvalue weighted by molar-refractivity contribution is -0.274. The van der Waals surface area contributed by atoms with Gasteiger partial charge in [0.15, 0.2) is 0 Å². The smallest absolute Gasteiger partial charge is 0.406 e. The molecule has 0 aliphatic heterocycles. The second kappa shape index (κ2) is 10.7. The van der Waals surface area contributed by atoms with Crippen molar-refractivity contribution >= 4 is 11.9 Å². The highest BCUT2D eigenvalue weighted by Crippen LogP contribution is 2.23. The van der Waals surface area contributed by atoms with Gasteiger partial charge in [0.05, 0.1) is 0 Å². The number of halogens is 3. The average molecular weight is 437 g/mol. The van der Waals surface area contributed by atoms with Crippen LogP contribution < -0.4 is 10.1 Å². The van der Waals surface area contributed by atoms with Crippen LogP contribution in [-0.2, 0) is 13.1 Å². The molecule has 0 radical (unpaired) electrons. The third-order valence-electron chi connectivity index (χ3n) is 4.62. The summed E-state index contributed by atoms with van der Waals surface area (Å²) in [5, 5.41) is 2.77. The molecule has 168 valence electrons. The minimum Gasteiger partial charge on any atom is -0.406 e. The Morgan fingerprint density at radius 3 is 2.00 bits per heavy atom. The van der Waals surface area contributed by atoms with Gasteiger partial charge in [-0.05, 0) is 49.2 Å². The van der Waals surface area contributed by atoms with Crippen LogP contribution in [0.15, 0.2) is 48.5 Å². The molecule has 2 aromatic rings. The van der Waals surface area contributed by atoms with Crippen LogP contribution in [0.5, 0.6) is 5.75 Å². The first-order valence-corrected chi connectivity index (χ1v) is 9.84. The topological polar surface area (TPSA) is 61.9 Å². The average Bonchev–Trinajstić information content (AvgIpc) is 2.73. The SMILES string of the molecule is CCN(CC)C(=O)c1ccc(CNC(=O)N(C)Cc2ccc(OC(F)(F)F)cc2)cc1. The largest absolute Gasteiger partial charge is 0.573 e. The molecule has 9 heteroatoms. The van der Waals surface area contributed by atoms with Crippen LogP contribution in [0.3, 0.4) is 0 Å². The lowest BCUT2D eigenvalue weighted by Gasteiger charge is -2.19. The van der Waals surface area contributed by atoms with E-state index >= 15 is 0 Å². The first kappa shape index (κ1) is 24.0. The number of alkyl halides is 3. The molecule has 0 bridgehead atoms. The fourth-order valence-corrected chi connectivity index (χ4v) is 2.91. The Kier molecular flexibility index (Phi) is 8.30. The van der Waals surface area contributed by atoms with Gasteiger partial charge < -0.3 is 19.9 Å².